The van der Waals surface area contributed by atoms with Crippen molar-refractivity contribution in [1.82, 2.24) is 15.1 Å². The average Bonchev–Trinajstić information content (AvgIpc) is 2.92. The number of aromatic nitrogens is 2. The summed E-state index contributed by atoms with van der Waals surface area (Å²) in [4.78, 5) is 26.7. The van der Waals surface area contributed by atoms with Crippen LogP contribution >= 0.6 is 0 Å². The zero-order chi connectivity index (χ0) is 17.9. The van der Waals surface area contributed by atoms with Crippen LogP contribution < -0.4 is 16.0 Å². The van der Waals surface area contributed by atoms with Gasteiger partial charge in [0.15, 0.2) is 5.69 Å². The number of nitrogens with two attached hydrogens (primary N) is 1. The van der Waals surface area contributed by atoms with Gasteiger partial charge in [0.1, 0.15) is 5.82 Å². The van der Waals surface area contributed by atoms with Crippen molar-refractivity contribution in [2.75, 3.05) is 19.0 Å². The minimum absolute atomic E-state index is 0.116. The van der Waals surface area contributed by atoms with Gasteiger partial charge in [-0.3, -0.25) is 14.3 Å². The predicted octanol–water partition coefficient (Wildman–Crippen LogP) is 0.896. The fourth-order valence-corrected chi connectivity index (χ4v) is 5.77. The van der Waals surface area contributed by atoms with Crippen molar-refractivity contribution in [2.24, 2.45) is 36.0 Å². The highest BCUT2D eigenvalue weighted by Gasteiger charge is 2.58. The molecule has 136 valence electrons. The van der Waals surface area contributed by atoms with Gasteiger partial charge in [0.2, 0.25) is 5.91 Å². The first-order valence-corrected chi connectivity index (χ1v) is 9.11. The quantitative estimate of drug-likeness (QED) is 0.848. The molecule has 5 rings (SSSR count). The molecule has 4 aliphatic carbocycles. The van der Waals surface area contributed by atoms with E-state index >= 15 is 0 Å². The Bertz CT molecular complexity index is 709. The van der Waals surface area contributed by atoms with Crippen molar-refractivity contribution in [3.05, 3.63) is 11.8 Å². The molecule has 2 unspecified atom stereocenters. The van der Waals surface area contributed by atoms with Gasteiger partial charge in [0, 0.05) is 38.7 Å². The number of anilines is 1. The third kappa shape index (κ3) is 2.51. The van der Waals surface area contributed by atoms with Gasteiger partial charge in [0.05, 0.1) is 0 Å². The Hall–Kier alpha value is -2.05. The molecule has 0 aliphatic heterocycles. The van der Waals surface area contributed by atoms with Crippen LogP contribution in [0.25, 0.3) is 0 Å². The largest absolute Gasteiger partial charge is 0.369 e. The molecule has 4 aliphatic rings. The van der Waals surface area contributed by atoms with Gasteiger partial charge in [-0.05, 0) is 49.9 Å². The van der Waals surface area contributed by atoms with E-state index in [9.17, 15) is 9.59 Å². The second-order valence-electron chi connectivity index (χ2n) is 8.52. The first kappa shape index (κ1) is 16.4. The summed E-state index contributed by atoms with van der Waals surface area (Å²) >= 11 is 0. The lowest BCUT2D eigenvalue weighted by atomic mass is 9.47. The molecule has 0 spiro atoms. The van der Waals surface area contributed by atoms with E-state index in [2.05, 4.69) is 10.4 Å². The van der Waals surface area contributed by atoms with Crippen molar-refractivity contribution in [1.29, 1.82) is 0 Å². The molecular weight excluding hydrogens is 318 g/mol. The minimum Gasteiger partial charge on any atom is -0.369 e. The zero-order valence-corrected chi connectivity index (χ0v) is 15.2. The fraction of sp³-hybridized carbons (Fsp3) is 0.722. The Morgan fingerprint density at radius 2 is 1.92 bits per heavy atom. The van der Waals surface area contributed by atoms with Gasteiger partial charge in [-0.15, -0.1) is 0 Å². The normalized spacial score (nSPS) is 35.6. The second-order valence-corrected chi connectivity index (χ2v) is 8.52. The van der Waals surface area contributed by atoms with E-state index in [-0.39, 0.29) is 23.3 Å². The molecule has 4 bridgehead atoms. The highest BCUT2D eigenvalue weighted by atomic mass is 16.2. The monoisotopic (exact) mass is 345 g/mol. The Morgan fingerprint density at radius 3 is 2.44 bits per heavy atom. The van der Waals surface area contributed by atoms with Crippen molar-refractivity contribution in [2.45, 2.75) is 38.1 Å². The van der Waals surface area contributed by atoms with Crippen LogP contribution in [0, 0.1) is 23.2 Å². The van der Waals surface area contributed by atoms with Crippen molar-refractivity contribution in [3.63, 3.8) is 0 Å². The van der Waals surface area contributed by atoms with Crippen LogP contribution in [-0.4, -0.2) is 41.7 Å². The lowest BCUT2D eigenvalue weighted by molar-refractivity contribution is -0.145. The Balaban J connectivity index is 1.52. The molecule has 0 radical (unpaired) electrons. The van der Waals surface area contributed by atoms with Crippen LogP contribution in [0.15, 0.2) is 6.07 Å². The maximum absolute atomic E-state index is 12.7. The standard InChI is InChI=1S/C18H27N5O2/c1-22(2)14-6-13(21-23(14)3)16(24)20-15-11-4-10-5-12(15)9-18(7-10,8-11)17(19)25/h6,10-12,15H,4-5,7-9H2,1-3H3,(H2,19,25)(H,20,24)/t10?,11?,12?,15-,18-. The number of aryl methyl sites for hydroxylation is 1. The Labute approximate surface area is 147 Å². The van der Waals surface area contributed by atoms with Gasteiger partial charge in [-0.2, -0.15) is 5.10 Å². The second kappa shape index (κ2) is 5.47. The predicted molar refractivity (Wildman–Crippen MR) is 94.0 cm³/mol. The molecule has 4 fully saturated rings. The molecule has 4 saturated carbocycles. The summed E-state index contributed by atoms with van der Waals surface area (Å²) in [5.74, 6) is 1.95. The number of carbonyl (C=O) groups excluding carboxylic acids is 2. The SMILES string of the molecule is CN(C)c1cc(C(=O)N[C@H]2C3CC4CC2C[C@](C(N)=O)(C4)C3)nn1C. The van der Waals surface area contributed by atoms with E-state index in [0.29, 0.717) is 23.4 Å². The Morgan fingerprint density at radius 1 is 1.28 bits per heavy atom. The summed E-state index contributed by atoms with van der Waals surface area (Å²) in [5, 5.41) is 7.57. The van der Waals surface area contributed by atoms with Crippen LogP contribution in [0.3, 0.4) is 0 Å². The highest BCUT2D eigenvalue weighted by molar-refractivity contribution is 5.93. The first-order chi connectivity index (χ1) is 11.8. The third-order valence-corrected chi connectivity index (χ3v) is 6.64. The zero-order valence-electron chi connectivity index (χ0n) is 15.2. The molecule has 7 nitrogen and oxygen atoms in total. The van der Waals surface area contributed by atoms with Crippen molar-refractivity contribution >= 4 is 17.6 Å². The summed E-state index contributed by atoms with van der Waals surface area (Å²) in [5.41, 5.74) is 5.86. The van der Waals surface area contributed by atoms with Crippen LogP contribution in [0.2, 0.25) is 0 Å². The number of amides is 2. The van der Waals surface area contributed by atoms with E-state index in [4.69, 9.17) is 5.73 Å². The molecule has 2 atom stereocenters. The topological polar surface area (TPSA) is 93.2 Å². The van der Waals surface area contributed by atoms with Crippen LogP contribution in [0.5, 0.6) is 0 Å². The summed E-state index contributed by atoms with van der Waals surface area (Å²) in [6, 6.07) is 1.96. The number of rotatable bonds is 4. The highest BCUT2D eigenvalue weighted by Crippen LogP contribution is 2.59. The molecule has 1 aromatic rings. The van der Waals surface area contributed by atoms with Gasteiger partial charge in [-0.1, -0.05) is 0 Å². The molecule has 7 heteroatoms. The fourth-order valence-electron chi connectivity index (χ4n) is 5.77. The van der Waals surface area contributed by atoms with Gasteiger partial charge >= 0.3 is 0 Å². The van der Waals surface area contributed by atoms with Gasteiger partial charge in [-0.25, -0.2) is 0 Å². The number of nitrogens with zero attached hydrogens (tertiary/aromatic N) is 3. The number of carbonyl (C=O) groups is 2. The van der Waals surface area contributed by atoms with Gasteiger partial charge < -0.3 is 16.0 Å². The van der Waals surface area contributed by atoms with Gasteiger partial charge in [0.25, 0.3) is 5.91 Å². The van der Waals surface area contributed by atoms with Crippen molar-refractivity contribution < 1.29 is 9.59 Å². The van der Waals surface area contributed by atoms with E-state index in [1.807, 2.05) is 32.1 Å². The van der Waals surface area contributed by atoms with Crippen molar-refractivity contribution in [3.8, 4) is 0 Å². The van der Waals surface area contributed by atoms with Crippen LogP contribution in [0.1, 0.15) is 42.6 Å². The molecule has 2 amide bonds. The van der Waals surface area contributed by atoms with Crippen LogP contribution in [-0.2, 0) is 11.8 Å². The maximum atomic E-state index is 12.7. The van der Waals surface area contributed by atoms with E-state index in [1.54, 1.807) is 4.68 Å². The first-order valence-electron chi connectivity index (χ1n) is 9.11. The lowest BCUT2D eigenvalue weighted by Crippen LogP contribution is -2.62. The molecule has 1 aromatic heterocycles. The smallest absolute Gasteiger partial charge is 0.272 e. The molecule has 25 heavy (non-hydrogen) atoms. The molecule has 3 N–H and O–H groups in total. The summed E-state index contributed by atoms with van der Waals surface area (Å²) < 4.78 is 1.72. The van der Waals surface area contributed by atoms with E-state index in [1.165, 1.54) is 0 Å². The molecule has 0 aromatic carbocycles. The van der Waals surface area contributed by atoms with E-state index in [0.717, 1.165) is 37.9 Å². The average molecular weight is 345 g/mol. The Kier molecular flexibility index (Phi) is 3.60. The number of hydrogen-bond donors (Lipinski definition) is 2. The molecule has 0 saturated heterocycles. The number of nitrogens with one attached hydrogen (secondary N) is 1. The number of hydrogen-bond acceptors (Lipinski definition) is 4. The maximum Gasteiger partial charge on any atom is 0.272 e. The number of primary amides is 1. The van der Waals surface area contributed by atoms with Crippen LogP contribution in [0.4, 0.5) is 5.82 Å². The third-order valence-electron chi connectivity index (χ3n) is 6.64. The molecular formula is C18H27N5O2. The summed E-state index contributed by atoms with van der Waals surface area (Å²) in [6.45, 7) is 0. The molecule has 1 heterocycles. The summed E-state index contributed by atoms with van der Waals surface area (Å²) in [6.07, 6.45) is 4.79. The minimum atomic E-state index is -0.319. The summed E-state index contributed by atoms with van der Waals surface area (Å²) in [7, 11) is 5.70. The van der Waals surface area contributed by atoms with E-state index < -0.39 is 0 Å². The lowest BCUT2D eigenvalue weighted by Gasteiger charge is -2.58.